The Bertz CT molecular complexity index is 1170. The van der Waals surface area contributed by atoms with Crippen LogP contribution < -0.4 is 4.74 Å². The number of hydrogen-bond acceptors (Lipinski definition) is 3. The van der Waals surface area contributed by atoms with Crippen LogP contribution in [0, 0.1) is 6.92 Å². The monoisotopic (exact) mass is 399 g/mol. The van der Waals surface area contributed by atoms with Crippen LogP contribution in [0.15, 0.2) is 72.8 Å². The van der Waals surface area contributed by atoms with Crippen LogP contribution in [0.25, 0.3) is 10.9 Å². The first-order chi connectivity index (χ1) is 14.6. The van der Waals surface area contributed by atoms with Crippen molar-refractivity contribution in [2.24, 2.45) is 0 Å². The van der Waals surface area contributed by atoms with Gasteiger partial charge in [-0.15, -0.1) is 0 Å². The van der Waals surface area contributed by atoms with Crippen molar-refractivity contribution >= 4 is 16.8 Å². The van der Waals surface area contributed by atoms with Gasteiger partial charge >= 0.3 is 0 Å². The quantitative estimate of drug-likeness (QED) is 0.464. The first-order valence-corrected chi connectivity index (χ1v) is 10.2. The molecule has 0 bridgehead atoms. The third-order valence-corrected chi connectivity index (χ3v) is 5.40. The minimum atomic E-state index is -0.0357. The van der Waals surface area contributed by atoms with Gasteiger partial charge in [-0.3, -0.25) is 9.36 Å². The van der Waals surface area contributed by atoms with Crippen molar-refractivity contribution in [3.05, 3.63) is 95.2 Å². The predicted octanol–water partition coefficient (Wildman–Crippen LogP) is 5.53. The molecule has 0 aliphatic carbocycles. The average Bonchev–Trinajstić information content (AvgIpc) is 3.11. The summed E-state index contributed by atoms with van der Waals surface area (Å²) in [5, 5.41) is 10.5. The van der Waals surface area contributed by atoms with Crippen molar-refractivity contribution in [1.82, 2.24) is 4.57 Å². The molecule has 0 unspecified atom stereocenters. The molecule has 0 amide bonds. The van der Waals surface area contributed by atoms with Crippen molar-refractivity contribution in [3.8, 4) is 11.5 Å². The lowest BCUT2D eigenvalue weighted by molar-refractivity contribution is 0.0963. The molecule has 0 atom stereocenters. The zero-order chi connectivity index (χ0) is 21.1. The number of phenolic OH excluding ortho intramolecular Hbond substituents is 1. The molecule has 4 rings (SSSR count). The smallest absolute Gasteiger partial charge is 0.262 e. The summed E-state index contributed by atoms with van der Waals surface area (Å²) in [6.07, 6.45) is 1.68. The van der Waals surface area contributed by atoms with E-state index in [1.165, 1.54) is 5.56 Å². The van der Waals surface area contributed by atoms with Gasteiger partial charge in [0.15, 0.2) is 0 Å². The zero-order valence-electron chi connectivity index (χ0n) is 17.3. The lowest BCUT2D eigenvalue weighted by Crippen LogP contribution is -2.13. The standard InChI is InChI=1S/C26H25NO3/c1-3-20-5-4-6-25-24(20)17-18(2)27(25)26(29)21-9-13-23(14-10-21)30-16-15-19-7-11-22(28)12-8-19/h4-14,17,28H,3,15-16H2,1-2H3. The van der Waals surface area contributed by atoms with Crippen molar-refractivity contribution in [2.45, 2.75) is 26.7 Å². The normalized spacial score (nSPS) is 11.0. The molecule has 0 saturated heterocycles. The Balaban J connectivity index is 1.47. The van der Waals surface area contributed by atoms with E-state index in [9.17, 15) is 9.90 Å². The van der Waals surface area contributed by atoms with Gasteiger partial charge in [-0.25, -0.2) is 0 Å². The molecule has 0 aliphatic rings. The summed E-state index contributed by atoms with van der Waals surface area (Å²) in [7, 11) is 0. The highest BCUT2D eigenvalue weighted by molar-refractivity contribution is 6.03. The predicted molar refractivity (Wildman–Crippen MR) is 120 cm³/mol. The van der Waals surface area contributed by atoms with E-state index >= 15 is 0 Å². The largest absolute Gasteiger partial charge is 0.508 e. The molecule has 4 heteroatoms. The lowest BCUT2D eigenvalue weighted by atomic mass is 10.1. The van der Waals surface area contributed by atoms with Crippen LogP contribution in [0.3, 0.4) is 0 Å². The van der Waals surface area contributed by atoms with Gasteiger partial charge in [0.05, 0.1) is 12.1 Å². The second-order valence-electron chi connectivity index (χ2n) is 7.42. The van der Waals surface area contributed by atoms with E-state index in [2.05, 4.69) is 19.1 Å². The van der Waals surface area contributed by atoms with Gasteiger partial charge in [0.25, 0.3) is 5.91 Å². The third kappa shape index (κ3) is 3.94. The minimum Gasteiger partial charge on any atom is -0.508 e. The van der Waals surface area contributed by atoms with Gasteiger partial charge in [-0.2, -0.15) is 0 Å². The summed E-state index contributed by atoms with van der Waals surface area (Å²) in [6, 6.07) is 22.6. The van der Waals surface area contributed by atoms with Gasteiger partial charge in [0.1, 0.15) is 11.5 Å². The van der Waals surface area contributed by atoms with E-state index in [0.717, 1.165) is 40.8 Å². The summed E-state index contributed by atoms with van der Waals surface area (Å²) >= 11 is 0. The number of aryl methyl sites for hydroxylation is 2. The molecule has 0 saturated carbocycles. The van der Waals surface area contributed by atoms with Gasteiger partial charge < -0.3 is 9.84 Å². The second-order valence-corrected chi connectivity index (χ2v) is 7.42. The Morgan fingerprint density at radius 1 is 1.00 bits per heavy atom. The van der Waals surface area contributed by atoms with Crippen LogP contribution in [0.4, 0.5) is 0 Å². The fourth-order valence-corrected chi connectivity index (χ4v) is 3.77. The molecular formula is C26H25NO3. The van der Waals surface area contributed by atoms with Crippen LogP contribution in [0.5, 0.6) is 11.5 Å². The number of fused-ring (bicyclic) bond motifs is 1. The van der Waals surface area contributed by atoms with Crippen molar-refractivity contribution in [1.29, 1.82) is 0 Å². The fraction of sp³-hybridized carbons (Fsp3) is 0.192. The number of hydrogen-bond donors (Lipinski definition) is 1. The first kappa shape index (κ1) is 19.8. The van der Waals surface area contributed by atoms with Crippen molar-refractivity contribution in [3.63, 3.8) is 0 Å². The van der Waals surface area contributed by atoms with E-state index in [-0.39, 0.29) is 11.7 Å². The number of phenols is 1. The molecule has 0 aliphatic heterocycles. The molecule has 4 aromatic rings. The Hall–Kier alpha value is -3.53. The number of aromatic nitrogens is 1. The first-order valence-electron chi connectivity index (χ1n) is 10.2. The average molecular weight is 399 g/mol. The summed E-state index contributed by atoms with van der Waals surface area (Å²) in [4.78, 5) is 13.2. The lowest BCUT2D eigenvalue weighted by Gasteiger charge is -2.10. The molecule has 30 heavy (non-hydrogen) atoms. The van der Waals surface area contributed by atoms with Crippen LogP contribution in [0.2, 0.25) is 0 Å². The minimum absolute atomic E-state index is 0.0357. The number of ether oxygens (including phenoxy) is 1. The molecule has 0 fully saturated rings. The molecule has 1 N–H and O–H groups in total. The van der Waals surface area contributed by atoms with E-state index in [4.69, 9.17) is 4.74 Å². The van der Waals surface area contributed by atoms with Gasteiger partial charge in [0.2, 0.25) is 0 Å². The third-order valence-electron chi connectivity index (χ3n) is 5.40. The second kappa shape index (κ2) is 8.46. The topological polar surface area (TPSA) is 51.5 Å². The fourth-order valence-electron chi connectivity index (χ4n) is 3.77. The Morgan fingerprint density at radius 2 is 1.73 bits per heavy atom. The van der Waals surface area contributed by atoms with E-state index < -0.39 is 0 Å². The number of nitrogens with zero attached hydrogens (tertiary/aromatic N) is 1. The number of rotatable bonds is 6. The van der Waals surface area contributed by atoms with Crippen LogP contribution in [0.1, 0.15) is 34.1 Å². The van der Waals surface area contributed by atoms with Crippen molar-refractivity contribution < 1.29 is 14.6 Å². The Kier molecular flexibility index (Phi) is 5.57. The summed E-state index contributed by atoms with van der Waals surface area (Å²) in [6.45, 7) is 4.63. The zero-order valence-corrected chi connectivity index (χ0v) is 17.3. The van der Waals surface area contributed by atoms with Crippen LogP contribution in [-0.4, -0.2) is 22.2 Å². The molecule has 3 aromatic carbocycles. The Morgan fingerprint density at radius 3 is 2.43 bits per heavy atom. The van der Waals surface area contributed by atoms with Gasteiger partial charge in [-0.1, -0.05) is 31.2 Å². The number of carbonyl (C=O) groups excluding carboxylic acids is 1. The summed E-state index contributed by atoms with van der Waals surface area (Å²) in [5.41, 5.74) is 4.86. The maximum Gasteiger partial charge on any atom is 0.262 e. The van der Waals surface area contributed by atoms with Gasteiger partial charge in [-0.05, 0) is 73.0 Å². The van der Waals surface area contributed by atoms with E-state index in [1.807, 2.05) is 55.5 Å². The molecular weight excluding hydrogens is 374 g/mol. The maximum atomic E-state index is 13.2. The molecule has 152 valence electrons. The summed E-state index contributed by atoms with van der Waals surface area (Å²) < 4.78 is 7.60. The van der Waals surface area contributed by atoms with E-state index in [0.29, 0.717) is 12.2 Å². The van der Waals surface area contributed by atoms with Crippen LogP contribution in [-0.2, 0) is 12.8 Å². The Labute approximate surface area is 176 Å². The highest BCUT2D eigenvalue weighted by Gasteiger charge is 2.16. The highest BCUT2D eigenvalue weighted by atomic mass is 16.5. The number of carbonyl (C=O) groups is 1. The molecule has 0 spiro atoms. The van der Waals surface area contributed by atoms with Crippen molar-refractivity contribution in [2.75, 3.05) is 6.61 Å². The molecule has 4 nitrogen and oxygen atoms in total. The molecule has 0 radical (unpaired) electrons. The van der Waals surface area contributed by atoms with E-state index in [1.54, 1.807) is 16.7 Å². The SMILES string of the molecule is CCc1cccc2c1cc(C)n2C(=O)c1ccc(OCCc2ccc(O)cc2)cc1. The van der Waals surface area contributed by atoms with Gasteiger partial charge in [0, 0.05) is 23.1 Å². The molecule has 1 heterocycles. The number of benzene rings is 3. The summed E-state index contributed by atoms with van der Waals surface area (Å²) in [5.74, 6) is 0.954. The molecule has 1 aromatic heterocycles. The number of aromatic hydroxyl groups is 1. The maximum absolute atomic E-state index is 13.2. The highest BCUT2D eigenvalue weighted by Crippen LogP contribution is 2.25. The van der Waals surface area contributed by atoms with Crippen LogP contribution >= 0.6 is 0 Å².